The number of nitrogens with one attached hydrogen (secondary N) is 2. The molecule has 7 heteroatoms. The highest BCUT2D eigenvalue weighted by molar-refractivity contribution is 6.01. The van der Waals surface area contributed by atoms with Crippen LogP contribution in [0.2, 0.25) is 0 Å². The Hall–Kier alpha value is -3.22. The Kier molecular flexibility index (Phi) is 6.03. The van der Waals surface area contributed by atoms with E-state index in [0.29, 0.717) is 30.2 Å². The molecule has 0 aliphatic carbocycles. The molecule has 3 rings (SSSR count). The molecule has 0 radical (unpaired) electrons. The Morgan fingerprint density at radius 3 is 2.32 bits per heavy atom. The minimum atomic E-state index is -0.557. The third kappa shape index (κ3) is 4.03. The van der Waals surface area contributed by atoms with Gasteiger partial charge in [-0.2, -0.15) is 0 Å². The highest BCUT2D eigenvalue weighted by Crippen LogP contribution is 2.35. The molecule has 1 saturated heterocycles. The van der Waals surface area contributed by atoms with Crippen molar-refractivity contribution < 1.29 is 19.1 Å². The van der Waals surface area contributed by atoms with Crippen molar-refractivity contribution in [2.75, 3.05) is 31.4 Å². The molecule has 1 fully saturated rings. The van der Waals surface area contributed by atoms with Gasteiger partial charge in [0.05, 0.1) is 14.2 Å². The Bertz CT molecular complexity index is 846. The lowest BCUT2D eigenvalue weighted by atomic mass is 10.2. The van der Waals surface area contributed by atoms with Crippen molar-refractivity contribution in [3.63, 3.8) is 0 Å². The first-order valence-electron chi connectivity index (χ1n) is 9.20. The molecule has 3 amide bonds. The zero-order valence-corrected chi connectivity index (χ0v) is 16.3. The van der Waals surface area contributed by atoms with Crippen molar-refractivity contribution in [2.45, 2.75) is 25.8 Å². The monoisotopic (exact) mass is 383 g/mol. The summed E-state index contributed by atoms with van der Waals surface area (Å²) in [5.74, 6) is 0.739. The minimum absolute atomic E-state index is 0.264. The predicted octanol–water partition coefficient (Wildman–Crippen LogP) is 3.65. The van der Waals surface area contributed by atoms with Gasteiger partial charge in [0.15, 0.2) is 0 Å². The smallest absolute Gasteiger partial charge is 0.322 e. The second-order valence-electron chi connectivity index (χ2n) is 6.62. The van der Waals surface area contributed by atoms with Crippen LogP contribution in [-0.2, 0) is 4.79 Å². The highest BCUT2D eigenvalue weighted by Gasteiger charge is 2.35. The Labute approximate surface area is 164 Å². The Morgan fingerprint density at radius 2 is 1.68 bits per heavy atom. The summed E-state index contributed by atoms with van der Waals surface area (Å²) < 4.78 is 10.7. The number of carbonyl (C=O) groups is 2. The van der Waals surface area contributed by atoms with Gasteiger partial charge in [0.2, 0.25) is 5.91 Å². The first-order chi connectivity index (χ1) is 13.5. The quantitative estimate of drug-likeness (QED) is 0.826. The summed E-state index contributed by atoms with van der Waals surface area (Å²) in [6.45, 7) is 2.45. The van der Waals surface area contributed by atoms with Gasteiger partial charge in [0.1, 0.15) is 23.2 Å². The van der Waals surface area contributed by atoms with E-state index in [9.17, 15) is 9.59 Å². The van der Waals surface area contributed by atoms with Gasteiger partial charge in [-0.25, -0.2) is 4.79 Å². The number of urea groups is 1. The summed E-state index contributed by atoms with van der Waals surface area (Å²) in [5.41, 5.74) is 2.17. The molecule has 2 aromatic rings. The molecule has 0 saturated carbocycles. The van der Waals surface area contributed by atoms with E-state index < -0.39 is 6.04 Å². The fourth-order valence-electron chi connectivity index (χ4n) is 3.36. The molecule has 28 heavy (non-hydrogen) atoms. The number of ether oxygens (including phenoxy) is 2. The summed E-state index contributed by atoms with van der Waals surface area (Å²) in [5, 5.41) is 5.78. The van der Waals surface area contributed by atoms with Crippen molar-refractivity contribution in [1.82, 2.24) is 4.90 Å². The van der Waals surface area contributed by atoms with Crippen molar-refractivity contribution in [3.8, 4) is 11.5 Å². The summed E-state index contributed by atoms with van der Waals surface area (Å²) in [6, 6.07) is 12.0. The molecule has 0 spiro atoms. The molecule has 2 aromatic carbocycles. The van der Waals surface area contributed by atoms with Gasteiger partial charge in [-0.15, -0.1) is 0 Å². The lowest BCUT2D eigenvalue weighted by molar-refractivity contribution is -0.119. The van der Waals surface area contributed by atoms with Crippen molar-refractivity contribution in [1.29, 1.82) is 0 Å². The fourth-order valence-corrected chi connectivity index (χ4v) is 3.36. The zero-order valence-electron chi connectivity index (χ0n) is 16.3. The van der Waals surface area contributed by atoms with Crippen LogP contribution in [-0.4, -0.2) is 43.6 Å². The Morgan fingerprint density at radius 1 is 1.00 bits per heavy atom. The molecule has 1 atom stereocenters. The number of aryl methyl sites for hydroxylation is 1. The average molecular weight is 383 g/mol. The van der Waals surface area contributed by atoms with Crippen LogP contribution >= 0.6 is 0 Å². The first kappa shape index (κ1) is 19.5. The number of nitrogens with zero attached hydrogens (tertiary/aromatic N) is 1. The van der Waals surface area contributed by atoms with Crippen LogP contribution in [0.3, 0.4) is 0 Å². The van der Waals surface area contributed by atoms with E-state index in [2.05, 4.69) is 10.6 Å². The molecular weight excluding hydrogens is 358 g/mol. The normalized spacial score (nSPS) is 15.8. The average Bonchev–Trinajstić information content (AvgIpc) is 3.20. The minimum Gasteiger partial charge on any atom is -0.494 e. The molecule has 0 aromatic heterocycles. The lowest BCUT2D eigenvalue weighted by Crippen LogP contribution is -2.45. The number of rotatable bonds is 5. The van der Waals surface area contributed by atoms with Gasteiger partial charge >= 0.3 is 6.03 Å². The number of hydrogen-bond donors (Lipinski definition) is 2. The van der Waals surface area contributed by atoms with Crippen LogP contribution in [0.15, 0.2) is 42.5 Å². The van der Waals surface area contributed by atoms with E-state index in [1.54, 1.807) is 23.1 Å². The number of carbonyl (C=O) groups excluding carboxylic acids is 2. The van der Waals surface area contributed by atoms with Gasteiger partial charge in [0.25, 0.3) is 0 Å². The number of amides is 3. The SMILES string of the molecule is COc1cccc(OC)c1NC(=O)[C@@H]1CCCN1C(=O)Nc1ccccc1C. The molecular formula is C21H25N3O4. The van der Waals surface area contributed by atoms with Crippen molar-refractivity contribution in [2.24, 2.45) is 0 Å². The maximum atomic E-state index is 12.9. The van der Waals surface area contributed by atoms with E-state index in [4.69, 9.17) is 9.47 Å². The number of methoxy groups -OCH3 is 2. The summed E-state index contributed by atoms with van der Waals surface area (Å²) in [6.07, 6.45) is 1.37. The number of anilines is 2. The summed E-state index contributed by atoms with van der Waals surface area (Å²) in [7, 11) is 3.06. The van der Waals surface area contributed by atoms with Gasteiger partial charge in [-0.1, -0.05) is 24.3 Å². The van der Waals surface area contributed by atoms with Crippen LogP contribution in [0.4, 0.5) is 16.2 Å². The van der Waals surface area contributed by atoms with Crippen LogP contribution in [0, 0.1) is 6.92 Å². The molecule has 7 nitrogen and oxygen atoms in total. The van der Waals surface area contributed by atoms with Crippen molar-refractivity contribution in [3.05, 3.63) is 48.0 Å². The zero-order chi connectivity index (χ0) is 20.1. The second-order valence-corrected chi connectivity index (χ2v) is 6.62. The number of likely N-dealkylation sites (tertiary alicyclic amines) is 1. The molecule has 1 heterocycles. The molecule has 1 aliphatic heterocycles. The molecule has 1 aliphatic rings. The number of para-hydroxylation sites is 2. The van der Waals surface area contributed by atoms with E-state index in [1.807, 2.05) is 31.2 Å². The summed E-state index contributed by atoms with van der Waals surface area (Å²) in [4.78, 5) is 27.3. The van der Waals surface area contributed by atoms with Crippen LogP contribution in [0.25, 0.3) is 0 Å². The van der Waals surface area contributed by atoms with E-state index >= 15 is 0 Å². The third-order valence-electron chi connectivity index (χ3n) is 4.88. The molecule has 0 unspecified atom stereocenters. The predicted molar refractivity (Wildman–Crippen MR) is 108 cm³/mol. The second kappa shape index (κ2) is 8.65. The molecule has 148 valence electrons. The highest BCUT2D eigenvalue weighted by atomic mass is 16.5. The number of hydrogen-bond acceptors (Lipinski definition) is 4. The third-order valence-corrected chi connectivity index (χ3v) is 4.88. The van der Waals surface area contributed by atoms with E-state index in [-0.39, 0.29) is 11.9 Å². The van der Waals surface area contributed by atoms with Gasteiger partial charge < -0.3 is 25.0 Å². The Balaban J connectivity index is 1.75. The molecule has 0 bridgehead atoms. The van der Waals surface area contributed by atoms with Gasteiger partial charge in [-0.05, 0) is 43.5 Å². The lowest BCUT2D eigenvalue weighted by Gasteiger charge is -2.25. The largest absolute Gasteiger partial charge is 0.494 e. The fraction of sp³-hybridized carbons (Fsp3) is 0.333. The molecule has 2 N–H and O–H groups in total. The van der Waals surface area contributed by atoms with Crippen molar-refractivity contribution >= 4 is 23.3 Å². The van der Waals surface area contributed by atoms with E-state index in [1.165, 1.54) is 14.2 Å². The van der Waals surface area contributed by atoms with Crippen LogP contribution in [0.1, 0.15) is 18.4 Å². The first-order valence-corrected chi connectivity index (χ1v) is 9.20. The van der Waals surface area contributed by atoms with Gasteiger partial charge in [0, 0.05) is 12.2 Å². The van der Waals surface area contributed by atoms with E-state index in [0.717, 1.165) is 17.7 Å². The summed E-state index contributed by atoms with van der Waals surface area (Å²) >= 11 is 0. The van der Waals surface area contributed by atoms with Crippen LogP contribution < -0.4 is 20.1 Å². The van der Waals surface area contributed by atoms with Crippen LogP contribution in [0.5, 0.6) is 11.5 Å². The topological polar surface area (TPSA) is 79.9 Å². The number of benzene rings is 2. The maximum Gasteiger partial charge on any atom is 0.322 e. The maximum absolute atomic E-state index is 12.9. The standard InChI is InChI=1S/C21H25N3O4/c1-14-8-4-5-9-15(14)22-21(26)24-13-7-10-16(24)20(25)23-19-17(27-2)11-6-12-18(19)28-3/h4-6,8-9,11-12,16H,7,10,13H2,1-3H3,(H,22,26)(H,23,25)/t16-/m0/s1. The van der Waals surface area contributed by atoms with Gasteiger partial charge in [-0.3, -0.25) is 4.79 Å².